The van der Waals surface area contributed by atoms with Gasteiger partial charge in [-0.1, -0.05) is 57.2 Å². The molecule has 1 aliphatic carbocycles. The Balaban J connectivity index is 1.73. The summed E-state index contributed by atoms with van der Waals surface area (Å²) in [5, 5.41) is 12.0. The largest absolute Gasteiger partial charge is 0.587 e. The Morgan fingerprint density at radius 3 is 2.37 bits per heavy atom. The lowest BCUT2D eigenvalue weighted by Gasteiger charge is -2.19. The highest BCUT2D eigenvalue weighted by atomic mass is 32.2. The second kappa shape index (κ2) is 7.95. The van der Waals surface area contributed by atoms with Crippen LogP contribution in [0, 0.1) is 0 Å². The molecule has 4 nitrogen and oxygen atoms in total. The van der Waals surface area contributed by atoms with Crippen molar-refractivity contribution in [3.8, 4) is 0 Å². The molecule has 1 saturated carbocycles. The van der Waals surface area contributed by atoms with Gasteiger partial charge in [-0.25, -0.2) is 0 Å². The Morgan fingerprint density at radius 2 is 1.85 bits per heavy atom. The zero-order chi connectivity index (χ0) is 19.8. The number of amides is 1. The Labute approximate surface area is 168 Å². The smallest absolute Gasteiger partial charge is 0.265 e. The van der Waals surface area contributed by atoms with Crippen LogP contribution < -0.4 is 4.72 Å². The van der Waals surface area contributed by atoms with Crippen LogP contribution in [-0.2, 0) is 28.2 Å². The number of nitrogens with one attached hydrogen (secondary N) is 1. The zero-order valence-corrected chi connectivity index (χ0v) is 17.9. The van der Waals surface area contributed by atoms with Gasteiger partial charge in [0.15, 0.2) is 0 Å². The van der Waals surface area contributed by atoms with Crippen LogP contribution in [0.3, 0.4) is 0 Å². The van der Waals surface area contributed by atoms with Gasteiger partial charge in [0.1, 0.15) is 11.4 Å². The monoisotopic (exact) mass is 405 g/mol. The fourth-order valence-corrected chi connectivity index (χ4v) is 5.28. The van der Waals surface area contributed by atoms with Crippen molar-refractivity contribution in [2.75, 3.05) is 0 Å². The lowest BCUT2D eigenvalue weighted by Crippen LogP contribution is -2.32. The molecule has 1 amide bonds. The van der Waals surface area contributed by atoms with Crippen LogP contribution in [0.25, 0.3) is 0 Å². The second-order valence-corrected chi connectivity index (χ2v) is 10.2. The number of hydrogen-bond donors (Lipinski definition) is 2. The molecule has 1 aromatic heterocycles. The number of benzene rings is 1. The minimum Gasteiger partial charge on any atom is -0.587 e. The molecule has 2 N–H and O–H groups in total. The molecule has 1 atom stereocenters. The van der Waals surface area contributed by atoms with Gasteiger partial charge >= 0.3 is 0 Å². The first-order valence-corrected chi connectivity index (χ1v) is 11.4. The Morgan fingerprint density at radius 1 is 1.26 bits per heavy atom. The Hall–Kier alpha value is -1.34. The van der Waals surface area contributed by atoms with Gasteiger partial charge in [0.2, 0.25) is 4.21 Å². The van der Waals surface area contributed by atoms with Gasteiger partial charge in [-0.15, -0.1) is 0 Å². The second-order valence-electron chi connectivity index (χ2n) is 7.88. The molecule has 1 fully saturated rings. The van der Waals surface area contributed by atoms with Gasteiger partial charge in [-0.3, -0.25) is 4.79 Å². The summed E-state index contributed by atoms with van der Waals surface area (Å²) in [5.41, 5.74) is 3.42. The molecule has 3 rings (SSSR count). The summed E-state index contributed by atoms with van der Waals surface area (Å²) in [6, 6.07) is 7.92. The topological polar surface area (TPSA) is 72.4 Å². The quantitative estimate of drug-likeness (QED) is 0.672. The minimum absolute atomic E-state index is 0.218. The minimum atomic E-state index is -1.60. The molecule has 27 heavy (non-hydrogen) atoms. The van der Waals surface area contributed by atoms with E-state index >= 15 is 0 Å². The van der Waals surface area contributed by atoms with Gasteiger partial charge in [0.25, 0.3) is 5.91 Å². The number of hydrogen-bond acceptors (Lipinski definition) is 4. The summed E-state index contributed by atoms with van der Waals surface area (Å²) in [6.45, 7) is 8.48. The SMILES string of the molecule is CC(C)c1cccc(C(C)C)c1CC(=O)N[S+]([O-])c1cc(C2(O)CC2)cs1. The molecule has 2 aromatic rings. The highest BCUT2D eigenvalue weighted by Crippen LogP contribution is 2.47. The van der Waals surface area contributed by atoms with Crippen LogP contribution in [0.4, 0.5) is 0 Å². The van der Waals surface area contributed by atoms with E-state index in [1.165, 1.54) is 11.3 Å². The Bertz CT molecular complexity index is 798. The average molecular weight is 406 g/mol. The molecule has 146 valence electrons. The molecule has 1 unspecified atom stereocenters. The van der Waals surface area contributed by atoms with Crippen molar-refractivity contribution >= 4 is 28.6 Å². The molecule has 0 aliphatic heterocycles. The predicted molar refractivity (Wildman–Crippen MR) is 110 cm³/mol. The van der Waals surface area contributed by atoms with E-state index in [-0.39, 0.29) is 12.3 Å². The summed E-state index contributed by atoms with van der Waals surface area (Å²) < 4.78 is 15.7. The fraction of sp³-hybridized carbons (Fsp3) is 0.476. The van der Waals surface area contributed by atoms with Gasteiger partial charge in [0, 0.05) is 11.4 Å². The molecule has 1 aliphatic rings. The maximum Gasteiger partial charge on any atom is 0.265 e. The van der Waals surface area contributed by atoms with Crippen molar-refractivity contribution in [2.45, 2.75) is 68.6 Å². The molecular weight excluding hydrogens is 378 g/mol. The van der Waals surface area contributed by atoms with Crippen molar-refractivity contribution in [3.63, 3.8) is 0 Å². The van der Waals surface area contributed by atoms with E-state index in [1.54, 1.807) is 6.07 Å². The summed E-state index contributed by atoms with van der Waals surface area (Å²) in [7, 11) is 0. The van der Waals surface area contributed by atoms with Gasteiger partial charge in [0.05, 0.1) is 12.0 Å². The van der Waals surface area contributed by atoms with E-state index in [4.69, 9.17) is 0 Å². The number of carbonyl (C=O) groups is 1. The molecule has 0 bridgehead atoms. The van der Waals surface area contributed by atoms with E-state index < -0.39 is 17.0 Å². The summed E-state index contributed by atoms with van der Waals surface area (Å²) in [6.07, 6.45) is 1.70. The van der Waals surface area contributed by atoms with Crippen LogP contribution in [0.1, 0.15) is 74.6 Å². The van der Waals surface area contributed by atoms with Crippen molar-refractivity contribution < 1.29 is 14.5 Å². The number of rotatable bonds is 7. The predicted octanol–water partition coefficient (Wildman–Crippen LogP) is 4.36. The lowest BCUT2D eigenvalue weighted by molar-refractivity contribution is -0.118. The van der Waals surface area contributed by atoms with E-state index in [1.807, 2.05) is 11.4 Å². The van der Waals surface area contributed by atoms with Crippen LogP contribution in [0.15, 0.2) is 33.9 Å². The van der Waals surface area contributed by atoms with Gasteiger partial charge < -0.3 is 9.66 Å². The van der Waals surface area contributed by atoms with Crippen molar-refractivity contribution in [1.29, 1.82) is 0 Å². The van der Waals surface area contributed by atoms with Gasteiger partial charge in [-0.2, -0.15) is 4.72 Å². The van der Waals surface area contributed by atoms with Crippen LogP contribution >= 0.6 is 11.3 Å². The van der Waals surface area contributed by atoms with Crippen molar-refractivity contribution in [2.24, 2.45) is 0 Å². The number of thiophene rings is 1. The standard InChI is InChI=1S/C21H27NO3S2/c1-13(2)16-6-5-7-17(14(3)4)18(16)11-19(23)22-27(25)20-10-15(12-26-20)21(24)8-9-21/h5-7,10,12-14,24H,8-9,11H2,1-4H3,(H,22,23). The number of carbonyl (C=O) groups excluding carboxylic acids is 1. The summed E-state index contributed by atoms with van der Waals surface area (Å²) >= 11 is -0.286. The summed E-state index contributed by atoms with van der Waals surface area (Å²) in [5.74, 6) is 0.385. The molecular formula is C21H27NO3S2. The zero-order valence-electron chi connectivity index (χ0n) is 16.2. The third-order valence-electron chi connectivity index (χ3n) is 5.06. The third kappa shape index (κ3) is 4.57. The van der Waals surface area contributed by atoms with Gasteiger partial charge in [-0.05, 0) is 46.9 Å². The maximum atomic E-state index is 12.6. The highest BCUT2D eigenvalue weighted by Gasteiger charge is 2.43. The normalized spacial score (nSPS) is 16.6. The van der Waals surface area contributed by atoms with Crippen LogP contribution in [0.5, 0.6) is 0 Å². The molecule has 6 heteroatoms. The first-order chi connectivity index (χ1) is 12.7. The van der Waals surface area contributed by atoms with E-state index in [9.17, 15) is 14.5 Å². The average Bonchev–Trinajstić information content (AvgIpc) is 3.15. The van der Waals surface area contributed by atoms with E-state index in [0.29, 0.717) is 16.0 Å². The molecule has 0 spiro atoms. The Kier molecular flexibility index (Phi) is 6.01. The van der Waals surface area contributed by atoms with Crippen LogP contribution in [-0.4, -0.2) is 15.6 Å². The fourth-order valence-electron chi connectivity index (χ4n) is 3.32. The maximum absolute atomic E-state index is 12.6. The van der Waals surface area contributed by atoms with Crippen LogP contribution in [0.2, 0.25) is 0 Å². The van der Waals surface area contributed by atoms with E-state index in [2.05, 4.69) is 44.5 Å². The highest BCUT2D eigenvalue weighted by molar-refractivity contribution is 7.92. The molecule has 1 aromatic carbocycles. The van der Waals surface area contributed by atoms with Crippen molar-refractivity contribution in [1.82, 2.24) is 4.72 Å². The van der Waals surface area contributed by atoms with E-state index in [0.717, 1.165) is 35.1 Å². The molecule has 1 heterocycles. The number of aliphatic hydroxyl groups is 1. The first kappa shape index (κ1) is 20.4. The third-order valence-corrected chi connectivity index (χ3v) is 7.42. The molecule has 0 saturated heterocycles. The van der Waals surface area contributed by atoms with Crippen molar-refractivity contribution in [3.05, 3.63) is 51.9 Å². The lowest BCUT2D eigenvalue weighted by atomic mass is 9.87. The molecule has 0 radical (unpaired) electrons. The first-order valence-electron chi connectivity index (χ1n) is 9.35. The summed E-state index contributed by atoms with van der Waals surface area (Å²) in [4.78, 5) is 12.6.